The van der Waals surface area contributed by atoms with Crippen LogP contribution in [0.15, 0.2) is 0 Å². The summed E-state index contributed by atoms with van der Waals surface area (Å²) in [5.41, 5.74) is 0. The van der Waals surface area contributed by atoms with Crippen LogP contribution in [0.4, 0.5) is 0 Å². The molecule has 0 aromatic carbocycles. The summed E-state index contributed by atoms with van der Waals surface area (Å²) in [6, 6.07) is 0. The number of carbonyl (C=O) groups is 1. The molecule has 0 amide bonds. The second kappa shape index (κ2) is 25.5. The third-order valence-electron chi connectivity index (χ3n) is 4.43. The van der Waals surface area contributed by atoms with Crippen LogP contribution in [-0.2, 0) is 38.0 Å². The van der Waals surface area contributed by atoms with Crippen molar-refractivity contribution in [2.45, 2.75) is 52.9 Å². The fourth-order valence-corrected chi connectivity index (χ4v) is 2.31. The highest BCUT2D eigenvalue weighted by Gasteiger charge is 2.02. The molecule has 0 bridgehead atoms. The SMILES string of the molecule is CCCCCC(=O)OCCOCCOCCOCCOCCOCCOCC(C)CC. The molecule has 0 fully saturated rings. The van der Waals surface area contributed by atoms with Gasteiger partial charge in [0.25, 0.3) is 0 Å². The van der Waals surface area contributed by atoms with Crippen LogP contribution in [0.3, 0.4) is 0 Å². The number of carbonyl (C=O) groups excluding carboxylic acids is 1. The van der Waals surface area contributed by atoms with Crippen molar-refractivity contribution >= 4 is 5.97 Å². The first-order valence-corrected chi connectivity index (χ1v) is 11.8. The van der Waals surface area contributed by atoms with Gasteiger partial charge in [-0.25, -0.2) is 0 Å². The highest BCUT2D eigenvalue weighted by atomic mass is 16.6. The largest absolute Gasteiger partial charge is 0.463 e. The normalized spacial score (nSPS) is 12.2. The monoisotopic (exact) mass is 450 g/mol. The first-order valence-electron chi connectivity index (χ1n) is 11.8. The topological polar surface area (TPSA) is 81.7 Å². The molecule has 0 aliphatic rings. The first kappa shape index (κ1) is 30.2. The lowest BCUT2D eigenvalue weighted by molar-refractivity contribution is -0.145. The summed E-state index contributed by atoms with van der Waals surface area (Å²) in [7, 11) is 0. The van der Waals surface area contributed by atoms with Crippen molar-refractivity contribution in [1.82, 2.24) is 0 Å². The Morgan fingerprint density at radius 1 is 0.613 bits per heavy atom. The zero-order valence-electron chi connectivity index (χ0n) is 20.1. The van der Waals surface area contributed by atoms with Crippen molar-refractivity contribution < 1.29 is 38.0 Å². The maximum atomic E-state index is 11.4. The Kier molecular flexibility index (Phi) is 24.9. The van der Waals surface area contributed by atoms with Gasteiger partial charge >= 0.3 is 5.97 Å². The third-order valence-corrected chi connectivity index (χ3v) is 4.43. The minimum absolute atomic E-state index is 0.149. The second-order valence-electron chi connectivity index (χ2n) is 7.33. The smallest absolute Gasteiger partial charge is 0.305 e. The predicted octanol–water partition coefficient (Wildman–Crippen LogP) is 3.26. The van der Waals surface area contributed by atoms with E-state index in [-0.39, 0.29) is 5.97 Å². The Morgan fingerprint density at radius 3 is 1.45 bits per heavy atom. The Morgan fingerprint density at radius 2 is 1.03 bits per heavy atom. The molecule has 186 valence electrons. The van der Waals surface area contributed by atoms with E-state index in [1.807, 2.05) is 0 Å². The third kappa shape index (κ3) is 25.4. The van der Waals surface area contributed by atoms with E-state index in [1.165, 1.54) is 0 Å². The van der Waals surface area contributed by atoms with Crippen LogP contribution in [0.1, 0.15) is 52.9 Å². The summed E-state index contributed by atoms with van der Waals surface area (Å²) in [6.45, 7) is 13.3. The molecule has 0 saturated heterocycles. The molecule has 0 rings (SSSR count). The van der Waals surface area contributed by atoms with Gasteiger partial charge in [0.15, 0.2) is 0 Å². The molecule has 0 N–H and O–H groups in total. The molecule has 0 aliphatic heterocycles. The van der Waals surface area contributed by atoms with Crippen molar-refractivity contribution in [3.8, 4) is 0 Å². The van der Waals surface area contributed by atoms with E-state index in [0.717, 1.165) is 32.3 Å². The van der Waals surface area contributed by atoms with Crippen molar-refractivity contribution in [2.75, 3.05) is 85.9 Å². The minimum Gasteiger partial charge on any atom is -0.463 e. The molecule has 1 unspecified atom stereocenters. The fourth-order valence-electron chi connectivity index (χ4n) is 2.31. The molecular weight excluding hydrogens is 404 g/mol. The summed E-state index contributed by atoms with van der Waals surface area (Å²) in [4.78, 5) is 11.4. The molecule has 0 radical (unpaired) electrons. The lowest BCUT2D eigenvalue weighted by atomic mass is 10.1. The van der Waals surface area contributed by atoms with Gasteiger partial charge in [0, 0.05) is 13.0 Å². The van der Waals surface area contributed by atoms with Crippen molar-refractivity contribution in [3.05, 3.63) is 0 Å². The van der Waals surface area contributed by atoms with Gasteiger partial charge in [-0.1, -0.05) is 40.0 Å². The van der Waals surface area contributed by atoms with Crippen LogP contribution < -0.4 is 0 Å². The van der Waals surface area contributed by atoms with Gasteiger partial charge in [-0.3, -0.25) is 4.79 Å². The van der Waals surface area contributed by atoms with Crippen LogP contribution in [0, 0.1) is 5.92 Å². The number of hydrogen-bond acceptors (Lipinski definition) is 8. The van der Waals surface area contributed by atoms with Gasteiger partial charge < -0.3 is 33.2 Å². The van der Waals surface area contributed by atoms with E-state index in [4.69, 9.17) is 33.2 Å². The summed E-state index contributed by atoms with van der Waals surface area (Å²) < 4.78 is 37.7. The standard InChI is InChI=1S/C23H46O8/c1-4-6-7-8-23(24)31-20-19-29-16-15-27-12-11-25-9-10-26-13-14-28-17-18-30-21-22(3)5-2/h22H,4-21H2,1-3H3. The van der Waals surface area contributed by atoms with Crippen LogP contribution in [-0.4, -0.2) is 91.9 Å². The van der Waals surface area contributed by atoms with Gasteiger partial charge in [0.05, 0.1) is 72.7 Å². The van der Waals surface area contributed by atoms with E-state index in [9.17, 15) is 4.79 Å². The van der Waals surface area contributed by atoms with Gasteiger partial charge in [-0.05, 0) is 12.3 Å². The number of unbranched alkanes of at least 4 members (excludes halogenated alkanes) is 2. The average Bonchev–Trinajstić information content (AvgIpc) is 2.77. The lowest BCUT2D eigenvalue weighted by Crippen LogP contribution is -2.15. The van der Waals surface area contributed by atoms with Crippen LogP contribution >= 0.6 is 0 Å². The van der Waals surface area contributed by atoms with Crippen LogP contribution in [0.2, 0.25) is 0 Å². The maximum absolute atomic E-state index is 11.4. The zero-order valence-corrected chi connectivity index (χ0v) is 20.1. The fraction of sp³-hybridized carbons (Fsp3) is 0.957. The minimum atomic E-state index is -0.149. The maximum Gasteiger partial charge on any atom is 0.305 e. The van der Waals surface area contributed by atoms with Gasteiger partial charge in [0.1, 0.15) is 6.61 Å². The van der Waals surface area contributed by atoms with E-state index < -0.39 is 0 Å². The molecule has 8 nitrogen and oxygen atoms in total. The van der Waals surface area contributed by atoms with Crippen molar-refractivity contribution in [2.24, 2.45) is 5.92 Å². The zero-order chi connectivity index (χ0) is 22.8. The second-order valence-corrected chi connectivity index (χ2v) is 7.33. The van der Waals surface area contributed by atoms with Crippen molar-refractivity contribution in [3.63, 3.8) is 0 Å². The van der Waals surface area contributed by atoms with Crippen LogP contribution in [0.5, 0.6) is 0 Å². The molecule has 0 aliphatic carbocycles. The van der Waals surface area contributed by atoms with Gasteiger partial charge in [-0.15, -0.1) is 0 Å². The van der Waals surface area contributed by atoms with Gasteiger partial charge in [0.2, 0.25) is 0 Å². The molecular formula is C23H46O8. The van der Waals surface area contributed by atoms with E-state index in [0.29, 0.717) is 91.6 Å². The number of esters is 1. The summed E-state index contributed by atoms with van der Waals surface area (Å²) >= 11 is 0. The Hall–Kier alpha value is -0.770. The van der Waals surface area contributed by atoms with Gasteiger partial charge in [-0.2, -0.15) is 0 Å². The quantitative estimate of drug-likeness (QED) is 0.155. The Balaban J connectivity index is 3.09. The molecule has 0 saturated carbocycles. The predicted molar refractivity (Wildman–Crippen MR) is 119 cm³/mol. The summed E-state index contributed by atoms with van der Waals surface area (Å²) in [5, 5.41) is 0. The highest BCUT2D eigenvalue weighted by molar-refractivity contribution is 5.69. The molecule has 0 aromatic rings. The molecule has 31 heavy (non-hydrogen) atoms. The number of rotatable bonds is 25. The molecule has 0 spiro atoms. The van der Waals surface area contributed by atoms with E-state index in [2.05, 4.69) is 20.8 Å². The lowest BCUT2D eigenvalue weighted by Gasteiger charge is -2.10. The molecule has 8 heteroatoms. The Labute approximate surface area is 189 Å². The van der Waals surface area contributed by atoms with E-state index in [1.54, 1.807) is 0 Å². The molecule has 1 atom stereocenters. The first-order chi connectivity index (χ1) is 15.2. The molecule has 0 aromatic heterocycles. The van der Waals surface area contributed by atoms with E-state index >= 15 is 0 Å². The highest BCUT2D eigenvalue weighted by Crippen LogP contribution is 2.01. The number of ether oxygens (including phenoxy) is 7. The van der Waals surface area contributed by atoms with Crippen LogP contribution in [0.25, 0.3) is 0 Å². The number of hydrogen-bond donors (Lipinski definition) is 0. The Bertz CT molecular complexity index is 367. The summed E-state index contributed by atoms with van der Waals surface area (Å²) in [6.07, 6.45) is 4.67. The summed E-state index contributed by atoms with van der Waals surface area (Å²) in [5.74, 6) is 0.453. The van der Waals surface area contributed by atoms with Crippen molar-refractivity contribution in [1.29, 1.82) is 0 Å². The molecule has 0 heterocycles. The average molecular weight is 451 g/mol.